The Hall–Kier alpha value is -2.88. The molecule has 8 heteroatoms. The molecule has 2 heterocycles. The van der Waals surface area contributed by atoms with E-state index in [1.807, 2.05) is 48.7 Å². The SMILES string of the molecule is O=C(CN1C(=O)NC(Cc2c[nH]c3ccccc23)C1=O)Nc1cccc(I)c1. The lowest BCUT2D eigenvalue weighted by molar-refractivity contribution is -0.130. The van der Waals surface area contributed by atoms with Crippen LogP contribution in [0.1, 0.15) is 5.56 Å². The Morgan fingerprint density at radius 3 is 2.79 bits per heavy atom. The second-order valence-corrected chi connectivity index (χ2v) is 7.79. The van der Waals surface area contributed by atoms with Crippen molar-refractivity contribution >= 4 is 57.0 Å². The van der Waals surface area contributed by atoms with Gasteiger partial charge in [-0.15, -0.1) is 0 Å². The zero-order valence-corrected chi connectivity index (χ0v) is 16.9. The van der Waals surface area contributed by atoms with Gasteiger partial charge in [-0.2, -0.15) is 0 Å². The van der Waals surface area contributed by atoms with Crippen LogP contribution in [0.5, 0.6) is 0 Å². The number of amides is 4. The van der Waals surface area contributed by atoms with Crippen molar-refractivity contribution in [2.45, 2.75) is 12.5 Å². The summed E-state index contributed by atoms with van der Waals surface area (Å²) in [4.78, 5) is 41.3. The van der Waals surface area contributed by atoms with Gasteiger partial charge in [-0.3, -0.25) is 14.5 Å². The van der Waals surface area contributed by atoms with Crippen molar-refractivity contribution in [1.29, 1.82) is 0 Å². The Labute approximate surface area is 174 Å². The van der Waals surface area contributed by atoms with Crippen molar-refractivity contribution < 1.29 is 14.4 Å². The number of hydrogen-bond donors (Lipinski definition) is 3. The molecule has 1 aliphatic rings. The number of carbonyl (C=O) groups is 3. The van der Waals surface area contributed by atoms with Crippen molar-refractivity contribution in [2.24, 2.45) is 0 Å². The van der Waals surface area contributed by atoms with E-state index in [-0.39, 0.29) is 6.54 Å². The Kier molecular flexibility index (Phi) is 5.03. The normalized spacial score (nSPS) is 16.5. The summed E-state index contributed by atoms with van der Waals surface area (Å²) in [5, 5.41) is 6.40. The Balaban J connectivity index is 1.43. The number of nitrogens with one attached hydrogen (secondary N) is 3. The Morgan fingerprint density at radius 2 is 1.96 bits per heavy atom. The zero-order valence-electron chi connectivity index (χ0n) is 14.7. The fourth-order valence-electron chi connectivity index (χ4n) is 3.30. The predicted octanol–water partition coefficient (Wildman–Crippen LogP) is 2.87. The third-order valence-electron chi connectivity index (χ3n) is 4.62. The molecule has 1 aliphatic heterocycles. The maximum Gasteiger partial charge on any atom is 0.325 e. The first-order chi connectivity index (χ1) is 13.5. The first-order valence-corrected chi connectivity index (χ1v) is 9.81. The minimum Gasteiger partial charge on any atom is -0.361 e. The van der Waals surface area contributed by atoms with E-state index in [0.717, 1.165) is 24.9 Å². The highest BCUT2D eigenvalue weighted by Gasteiger charge is 2.39. The van der Waals surface area contributed by atoms with Crippen LogP contribution >= 0.6 is 22.6 Å². The van der Waals surface area contributed by atoms with Crippen molar-refractivity contribution in [3.8, 4) is 0 Å². The number of aromatic nitrogens is 1. The number of rotatable bonds is 5. The molecule has 4 amide bonds. The summed E-state index contributed by atoms with van der Waals surface area (Å²) in [5.74, 6) is -0.814. The first-order valence-electron chi connectivity index (χ1n) is 8.73. The predicted molar refractivity (Wildman–Crippen MR) is 114 cm³/mol. The lowest BCUT2D eigenvalue weighted by atomic mass is 10.1. The summed E-state index contributed by atoms with van der Waals surface area (Å²) in [6.07, 6.45) is 2.21. The minimum absolute atomic E-state index is 0.319. The standard InChI is InChI=1S/C20H17IN4O3/c21-13-4-3-5-14(9-13)23-18(26)11-25-19(27)17(24-20(25)28)8-12-10-22-16-7-2-1-6-15(12)16/h1-7,9-10,17,22H,8,11H2,(H,23,26)(H,24,28). The average Bonchev–Trinajstić information content (AvgIpc) is 3.18. The molecule has 1 atom stereocenters. The number of aromatic amines is 1. The first kappa shape index (κ1) is 18.5. The number of halogens is 1. The molecule has 1 saturated heterocycles. The molecule has 0 saturated carbocycles. The molecule has 7 nitrogen and oxygen atoms in total. The molecule has 1 aromatic heterocycles. The number of urea groups is 1. The van der Waals surface area contributed by atoms with Crippen LogP contribution in [0.25, 0.3) is 10.9 Å². The van der Waals surface area contributed by atoms with E-state index in [0.29, 0.717) is 12.1 Å². The molecule has 0 radical (unpaired) electrons. The number of hydrogen-bond acceptors (Lipinski definition) is 3. The molecular weight excluding hydrogens is 471 g/mol. The van der Waals surface area contributed by atoms with E-state index < -0.39 is 23.9 Å². The number of imide groups is 1. The second kappa shape index (κ2) is 7.63. The van der Waals surface area contributed by atoms with E-state index in [1.165, 1.54) is 0 Å². The molecule has 0 bridgehead atoms. The van der Waals surface area contributed by atoms with E-state index in [1.54, 1.807) is 6.07 Å². The number of carbonyl (C=O) groups excluding carboxylic acids is 3. The van der Waals surface area contributed by atoms with Gasteiger partial charge < -0.3 is 15.6 Å². The maximum absolute atomic E-state index is 12.7. The van der Waals surface area contributed by atoms with Gasteiger partial charge in [0.1, 0.15) is 12.6 Å². The topological polar surface area (TPSA) is 94.3 Å². The summed E-state index contributed by atoms with van der Waals surface area (Å²) in [6, 6.07) is 13.8. The average molecular weight is 488 g/mol. The highest BCUT2D eigenvalue weighted by molar-refractivity contribution is 14.1. The number of H-pyrrole nitrogens is 1. The highest BCUT2D eigenvalue weighted by atomic mass is 127. The van der Waals surface area contributed by atoms with Crippen LogP contribution in [0.15, 0.2) is 54.7 Å². The fraction of sp³-hybridized carbons (Fsp3) is 0.150. The van der Waals surface area contributed by atoms with E-state index in [2.05, 4.69) is 38.2 Å². The smallest absolute Gasteiger partial charge is 0.325 e. The van der Waals surface area contributed by atoms with Crippen molar-refractivity contribution in [2.75, 3.05) is 11.9 Å². The van der Waals surface area contributed by atoms with Gasteiger partial charge in [0.15, 0.2) is 0 Å². The lowest BCUT2D eigenvalue weighted by Crippen LogP contribution is -2.38. The third kappa shape index (κ3) is 3.72. The van der Waals surface area contributed by atoms with Crippen LogP contribution in [-0.2, 0) is 16.0 Å². The highest BCUT2D eigenvalue weighted by Crippen LogP contribution is 2.21. The number of anilines is 1. The quantitative estimate of drug-likeness (QED) is 0.381. The number of nitrogens with zero attached hydrogens (tertiary/aromatic N) is 1. The van der Waals surface area contributed by atoms with Crippen LogP contribution in [0.2, 0.25) is 0 Å². The van der Waals surface area contributed by atoms with Gasteiger partial charge in [0.25, 0.3) is 5.91 Å². The monoisotopic (exact) mass is 488 g/mol. The Bertz CT molecular complexity index is 1080. The number of fused-ring (bicyclic) bond motifs is 1. The number of benzene rings is 2. The molecular formula is C20H17IN4O3. The molecule has 3 aromatic rings. The molecule has 1 unspecified atom stereocenters. The van der Waals surface area contributed by atoms with Gasteiger partial charge in [-0.05, 0) is 52.4 Å². The summed E-state index contributed by atoms with van der Waals surface area (Å²) >= 11 is 2.14. The van der Waals surface area contributed by atoms with Crippen molar-refractivity contribution in [3.05, 3.63) is 63.9 Å². The van der Waals surface area contributed by atoms with Gasteiger partial charge in [-0.25, -0.2) is 4.79 Å². The van der Waals surface area contributed by atoms with Crippen LogP contribution in [0.4, 0.5) is 10.5 Å². The van der Waals surface area contributed by atoms with Gasteiger partial charge >= 0.3 is 6.03 Å². The molecule has 0 spiro atoms. The van der Waals surface area contributed by atoms with Crippen LogP contribution in [-0.4, -0.2) is 40.3 Å². The minimum atomic E-state index is -0.683. The molecule has 1 fully saturated rings. The summed E-state index contributed by atoms with van der Waals surface area (Å²) in [7, 11) is 0. The lowest BCUT2D eigenvalue weighted by Gasteiger charge is -2.13. The summed E-state index contributed by atoms with van der Waals surface area (Å²) < 4.78 is 0.976. The molecule has 28 heavy (non-hydrogen) atoms. The van der Waals surface area contributed by atoms with Crippen LogP contribution in [0.3, 0.4) is 0 Å². The number of para-hydroxylation sites is 1. The Morgan fingerprint density at radius 1 is 1.14 bits per heavy atom. The van der Waals surface area contributed by atoms with E-state index in [4.69, 9.17) is 0 Å². The van der Waals surface area contributed by atoms with Crippen LogP contribution < -0.4 is 10.6 Å². The molecule has 3 N–H and O–H groups in total. The summed E-state index contributed by atoms with van der Waals surface area (Å²) in [5.41, 5.74) is 2.54. The van der Waals surface area contributed by atoms with Crippen LogP contribution in [0, 0.1) is 3.57 Å². The molecule has 142 valence electrons. The maximum atomic E-state index is 12.7. The van der Waals surface area contributed by atoms with Gasteiger partial charge in [0.2, 0.25) is 5.91 Å². The van der Waals surface area contributed by atoms with E-state index in [9.17, 15) is 14.4 Å². The molecule has 0 aliphatic carbocycles. The molecule has 4 rings (SSSR count). The van der Waals surface area contributed by atoms with Crippen molar-refractivity contribution in [3.63, 3.8) is 0 Å². The summed E-state index contributed by atoms with van der Waals surface area (Å²) in [6.45, 7) is -0.319. The third-order valence-corrected chi connectivity index (χ3v) is 5.29. The fourth-order valence-corrected chi connectivity index (χ4v) is 3.84. The largest absolute Gasteiger partial charge is 0.361 e. The molecule has 2 aromatic carbocycles. The van der Waals surface area contributed by atoms with Gasteiger partial charge in [-0.1, -0.05) is 24.3 Å². The second-order valence-electron chi connectivity index (χ2n) is 6.55. The van der Waals surface area contributed by atoms with Crippen molar-refractivity contribution in [1.82, 2.24) is 15.2 Å². The van der Waals surface area contributed by atoms with Gasteiger partial charge in [0.05, 0.1) is 0 Å². The van der Waals surface area contributed by atoms with Gasteiger partial charge in [0, 0.05) is 32.8 Å². The zero-order chi connectivity index (χ0) is 19.7. The van der Waals surface area contributed by atoms with E-state index >= 15 is 0 Å².